The van der Waals surface area contributed by atoms with Crippen molar-refractivity contribution in [3.8, 4) is 28.7 Å². The van der Waals surface area contributed by atoms with Crippen LogP contribution in [0.25, 0.3) is 11.5 Å². The Morgan fingerprint density at radius 3 is 2.62 bits per heavy atom. The molecule has 0 atom stereocenters. The Kier molecular flexibility index (Phi) is 8.44. The number of carbonyl (C=O) groups excluding carboxylic acids is 1. The third kappa shape index (κ3) is 6.20. The van der Waals surface area contributed by atoms with Crippen LogP contribution < -0.4 is 14.2 Å². The number of esters is 1. The zero-order chi connectivity index (χ0) is 22.9. The third-order valence-corrected chi connectivity index (χ3v) is 5.72. The fraction of sp³-hybridized carbons (Fsp3) is 0.333. The molecule has 0 unspecified atom stereocenters. The molecule has 2 aromatic carbocycles. The van der Waals surface area contributed by atoms with Gasteiger partial charge >= 0.3 is 5.97 Å². The van der Waals surface area contributed by atoms with Crippen LogP contribution in [-0.4, -0.2) is 44.6 Å². The van der Waals surface area contributed by atoms with E-state index in [0.29, 0.717) is 41.9 Å². The zero-order valence-electron chi connectivity index (χ0n) is 18.7. The lowest BCUT2D eigenvalue weighted by Gasteiger charge is -2.08. The normalized spacial score (nSPS) is 10.6. The van der Waals surface area contributed by atoms with Crippen molar-refractivity contribution in [1.82, 2.24) is 4.98 Å². The van der Waals surface area contributed by atoms with E-state index in [0.717, 1.165) is 28.3 Å². The van der Waals surface area contributed by atoms with Crippen molar-refractivity contribution in [2.45, 2.75) is 19.1 Å². The molecule has 0 saturated carbocycles. The molecular weight excluding hydrogens is 430 g/mol. The van der Waals surface area contributed by atoms with Crippen LogP contribution in [0.2, 0.25) is 0 Å². The first-order chi connectivity index (χ1) is 15.5. The van der Waals surface area contributed by atoms with Crippen LogP contribution in [0.5, 0.6) is 17.2 Å². The van der Waals surface area contributed by atoms with Crippen molar-refractivity contribution in [3.05, 3.63) is 59.5 Å². The Bertz CT molecular complexity index is 1050. The number of ether oxygens (including phenoxy) is 4. The van der Waals surface area contributed by atoms with Crippen LogP contribution in [0, 0.1) is 6.92 Å². The summed E-state index contributed by atoms with van der Waals surface area (Å²) >= 11 is 1.51. The number of hydrogen-bond acceptors (Lipinski definition) is 8. The van der Waals surface area contributed by atoms with Gasteiger partial charge in [-0.15, -0.1) is 11.8 Å². The van der Waals surface area contributed by atoms with Crippen molar-refractivity contribution in [3.63, 3.8) is 0 Å². The van der Waals surface area contributed by atoms with Gasteiger partial charge in [0, 0.05) is 17.7 Å². The predicted molar refractivity (Wildman–Crippen MR) is 124 cm³/mol. The summed E-state index contributed by atoms with van der Waals surface area (Å²) < 4.78 is 27.1. The van der Waals surface area contributed by atoms with Crippen molar-refractivity contribution < 1.29 is 28.2 Å². The molecule has 0 saturated heterocycles. The van der Waals surface area contributed by atoms with E-state index in [-0.39, 0.29) is 5.97 Å². The minimum absolute atomic E-state index is 0.224. The molecule has 0 spiro atoms. The molecule has 0 amide bonds. The molecule has 0 radical (unpaired) electrons. The maximum atomic E-state index is 11.2. The predicted octanol–water partition coefficient (Wildman–Crippen LogP) is 4.69. The van der Waals surface area contributed by atoms with Gasteiger partial charge in [0.15, 0.2) is 11.5 Å². The summed E-state index contributed by atoms with van der Waals surface area (Å²) in [7, 11) is 4.59. The maximum Gasteiger partial charge on any atom is 0.315 e. The number of oxazole rings is 1. The van der Waals surface area contributed by atoms with Gasteiger partial charge in [0.1, 0.15) is 11.5 Å². The number of benzene rings is 2. The first-order valence-corrected chi connectivity index (χ1v) is 11.2. The van der Waals surface area contributed by atoms with Gasteiger partial charge in [-0.05, 0) is 42.8 Å². The van der Waals surface area contributed by atoms with Gasteiger partial charge in [0.25, 0.3) is 0 Å². The van der Waals surface area contributed by atoms with Crippen LogP contribution in [0.15, 0.2) is 46.9 Å². The summed E-state index contributed by atoms with van der Waals surface area (Å²) in [6.07, 6.45) is 0.615. The van der Waals surface area contributed by atoms with Crippen LogP contribution in [0.1, 0.15) is 17.0 Å². The third-order valence-electron chi connectivity index (χ3n) is 4.75. The van der Waals surface area contributed by atoms with Gasteiger partial charge in [-0.2, -0.15) is 0 Å². The second-order valence-corrected chi connectivity index (χ2v) is 7.89. The monoisotopic (exact) mass is 457 g/mol. The lowest BCUT2D eigenvalue weighted by Crippen LogP contribution is -2.04. The van der Waals surface area contributed by atoms with Gasteiger partial charge in [-0.3, -0.25) is 4.79 Å². The highest BCUT2D eigenvalue weighted by atomic mass is 32.2. The van der Waals surface area contributed by atoms with E-state index in [9.17, 15) is 4.79 Å². The largest absolute Gasteiger partial charge is 0.493 e. The van der Waals surface area contributed by atoms with Gasteiger partial charge in [-0.25, -0.2) is 4.98 Å². The summed E-state index contributed by atoms with van der Waals surface area (Å²) in [6.45, 7) is 2.36. The van der Waals surface area contributed by atoms with Crippen LogP contribution in [-0.2, 0) is 21.7 Å². The molecule has 0 aliphatic carbocycles. The fourth-order valence-electron chi connectivity index (χ4n) is 3.05. The Labute approximate surface area is 192 Å². The van der Waals surface area contributed by atoms with Crippen LogP contribution in [0.3, 0.4) is 0 Å². The molecule has 8 heteroatoms. The number of carbonyl (C=O) groups is 1. The second-order valence-electron chi connectivity index (χ2n) is 6.91. The molecule has 1 aromatic heterocycles. The Morgan fingerprint density at radius 2 is 1.88 bits per heavy atom. The molecule has 0 fully saturated rings. The molecule has 3 rings (SSSR count). The van der Waals surface area contributed by atoms with Gasteiger partial charge < -0.3 is 23.4 Å². The van der Waals surface area contributed by atoms with Gasteiger partial charge in [-0.1, -0.05) is 12.1 Å². The highest BCUT2D eigenvalue weighted by molar-refractivity contribution is 7.99. The highest BCUT2D eigenvalue weighted by Gasteiger charge is 2.14. The lowest BCUT2D eigenvalue weighted by molar-refractivity contribution is -0.137. The maximum absolute atomic E-state index is 11.2. The molecule has 3 aromatic rings. The molecule has 170 valence electrons. The van der Waals surface area contributed by atoms with Crippen molar-refractivity contribution in [2.24, 2.45) is 0 Å². The Balaban J connectivity index is 1.58. The molecule has 7 nitrogen and oxygen atoms in total. The van der Waals surface area contributed by atoms with Crippen molar-refractivity contribution >= 4 is 17.7 Å². The smallest absolute Gasteiger partial charge is 0.315 e. The van der Waals surface area contributed by atoms with Crippen LogP contribution >= 0.6 is 11.8 Å². The number of hydrogen-bond donors (Lipinski definition) is 0. The van der Waals surface area contributed by atoms with E-state index < -0.39 is 0 Å². The number of nitrogens with zero attached hydrogens (tertiary/aromatic N) is 1. The van der Waals surface area contributed by atoms with E-state index in [2.05, 4.69) is 9.72 Å². The molecule has 0 bridgehead atoms. The number of aryl methyl sites for hydroxylation is 1. The minimum atomic E-state index is -0.224. The van der Waals surface area contributed by atoms with Crippen molar-refractivity contribution in [2.75, 3.05) is 33.7 Å². The highest BCUT2D eigenvalue weighted by Crippen LogP contribution is 2.32. The fourth-order valence-corrected chi connectivity index (χ4v) is 3.86. The molecular formula is C24H27NO6S. The first kappa shape index (κ1) is 23.5. The Morgan fingerprint density at radius 1 is 1.06 bits per heavy atom. The summed E-state index contributed by atoms with van der Waals surface area (Å²) in [5, 5.41) is 0. The lowest BCUT2D eigenvalue weighted by atomic mass is 10.2. The van der Waals surface area contributed by atoms with Crippen LogP contribution in [0.4, 0.5) is 0 Å². The Hall–Kier alpha value is -3.13. The van der Waals surface area contributed by atoms with E-state index >= 15 is 0 Å². The molecule has 0 N–H and O–H groups in total. The molecule has 32 heavy (non-hydrogen) atoms. The first-order valence-electron chi connectivity index (χ1n) is 10.1. The number of methoxy groups -OCH3 is 3. The van der Waals surface area contributed by atoms with E-state index in [1.165, 1.54) is 18.9 Å². The molecule has 1 heterocycles. The standard InChI is InChI=1S/C24H27NO6S/c1-16-20(25-24(31-16)18-8-9-21(27-2)22(13-18)28-3)10-11-30-19-7-5-6-17(12-19)14-32-15-23(26)29-4/h5-9,12-13H,10-11,14-15H2,1-4H3. The second kappa shape index (κ2) is 11.5. The number of thioether (sulfide) groups is 1. The number of rotatable bonds is 11. The quantitative estimate of drug-likeness (QED) is 0.384. The summed E-state index contributed by atoms with van der Waals surface area (Å²) in [5.74, 6) is 4.16. The number of aromatic nitrogens is 1. The SMILES string of the molecule is COC(=O)CSCc1cccc(OCCc2nc(-c3ccc(OC)c(OC)c3)oc2C)c1. The molecule has 0 aliphatic rings. The summed E-state index contributed by atoms with van der Waals surface area (Å²) in [4.78, 5) is 15.9. The van der Waals surface area contributed by atoms with Gasteiger partial charge in [0.2, 0.25) is 5.89 Å². The summed E-state index contributed by atoms with van der Waals surface area (Å²) in [6, 6.07) is 13.4. The average molecular weight is 458 g/mol. The topological polar surface area (TPSA) is 80.0 Å². The minimum Gasteiger partial charge on any atom is -0.493 e. The van der Waals surface area contributed by atoms with Crippen molar-refractivity contribution in [1.29, 1.82) is 0 Å². The molecule has 0 aliphatic heterocycles. The van der Waals surface area contributed by atoms with E-state index in [4.69, 9.17) is 18.6 Å². The zero-order valence-corrected chi connectivity index (χ0v) is 19.5. The van der Waals surface area contributed by atoms with E-state index in [1.54, 1.807) is 14.2 Å². The summed E-state index contributed by atoms with van der Waals surface area (Å²) in [5.41, 5.74) is 2.75. The average Bonchev–Trinajstić information content (AvgIpc) is 3.19. The van der Waals surface area contributed by atoms with E-state index in [1.807, 2.05) is 49.4 Å². The van der Waals surface area contributed by atoms with Gasteiger partial charge in [0.05, 0.1) is 39.4 Å².